The Balaban J connectivity index is 0.00000245. The Labute approximate surface area is 169 Å². The standard InChI is InChI=1S/C18H27N3O5.CHNO/c1-19-17(23)16(22)8-6-4-5-7-9-20-18(24)21-13-10-14(25-2)12-15(11-13)26-3;2-1-3/h10-12H,4-9H2,1-3H3,(H,19,23)(H2,20,21,24);2H. The number of ketones is 1. The number of rotatable bonds is 11. The quantitative estimate of drug-likeness (QED) is 0.191. The minimum Gasteiger partial charge on any atom is -0.497 e. The number of likely N-dealkylation sites (N-methyl/N-ethyl adjacent to an activating group) is 1. The molecular weight excluding hydrogens is 380 g/mol. The van der Waals surface area contributed by atoms with Crippen LogP contribution >= 0.6 is 0 Å². The SMILES string of the molecule is CNC(=O)C(=O)CCCCCCNC(=O)Nc1cc(OC)cc(OC)c1.N=C=O. The van der Waals surface area contributed by atoms with Gasteiger partial charge in [0.1, 0.15) is 11.5 Å². The molecule has 0 aliphatic heterocycles. The summed E-state index contributed by atoms with van der Waals surface area (Å²) in [4.78, 5) is 42.6. The Kier molecular flexibility index (Phi) is 13.8. The normalized spacial score (nSPS) is 9.21. The van der Waals surface area contributed by atoms with Crippen molar-refractivity contribution in [1.82, 2.24) is 10.6 Å². The van der Waals surface area contributed by atoms with Crippen LogP contribution in [0.25, 0.3) is 0 Å². The summed E-state index contributed by atoms with van der Waals surface area (Å²) in [6, 6.07) is 4.81. The van der Waals surface area contributed by atoms with Crippen molar-refractivity contribution in [2.45, 2.75) is 32.1 Å². The molecule has 160 valence electrons. The minimum absolute atomic E-state index is 0.255. The van der Waals surface area contributed by atoms with E-state index in [4.69, 9.17) is 19.7 Å². The number of anilines is 1. The first kappa shape index (κ1) is 25.6. The zero-order valence-electron chi connectivity index (χ0n) is 16.9. The third kappa shape index (κ3) is 11.8. The van der Waals surface area contributed by atoms with Crippen LogP contribution in [0, 0.1) is 5.41 Å². The van der Waals surface area contributed by atoms with Gasteiger partial charge in [0.15, 0.2) is 0 Å². The Hall–Kier alpha value is -3.39. The van der Waals surface area contributed by atoms with Gasteiger partial charge in [-0.3, -0.25) is 9.59 Å². The first-order chi connectivity index (χ1) is 13.9. The molecule has 0 radical (unpaired) electrons. The second kappa shape index (κ2) is 15.6. The molecule has 0 heterocycles. The van der Waals surface area contributed by atoms with Crippen molar-refractivity contribution < 1.29 is 28.7 Å². The van der Waals surface area contributed by atoms with E-state index in [0.717, 1.165) is 25.3 Å². The number of carbonyl (C=O) groups excluding carboxylic acids is 4. The van der Waals surface area contributed by atoms with Gasteiger partial charge >= 0.3 is 6.03 Å². The number of benzene rings is 1. The molecule has 1 rings (SSSR count). The molecule has 0 saturated carbocycles. The molecule has 0 spiro atoms. The average Bonchev–Trinajstić information content (AvgIpc) is 2.72. The molecular formula is C19H28N4O6. The lowest BCUT2D eigenvalue weighted by Crippen LogP contribution is -2.29. The molecule has 29 heavy (non-hydrogen) atoms. The molecule has 0 atom stereocenters. The molecule has 0 bridgehead atoms. The van der Waals surface area contributed by atoms with E-state index in [2.05, 4.69) is 16.0 Å². The third-order valence-corrected chi connectivity index (χ3v) is 3.71. The van der Waals surface area contributed by atoms with E-state index in [1.54, 1.807) is 32.4 Å². The van der Waals surface area contributed by atoms with Crippen molar-refractivity contribution in [3.05, 3.63) is 18.2 Å². The largest absolute Gasteiger partial charge is 0.497 e. The van der Waals surface area contributed by atoms with Crippen molar-refractivity contribution >= 4 is 29.5 Å². The molecule has 0 aliphatic rings. The number of amides is 3. The number of carbonyl (C=O) groups is 3. The lowest BCUT2D eigenvalue weighted by molar-refractivity contribution is -0.137. The number of methoxy groups -OCH3 is 2. The van der Waals surface area contributed by atoms with Gasteiger partial charge in [0, 0.05) is 43.9 Å². The Morgan fingerprint density at radius 1 is 1.00 bits per heavy atom. The Morgan fingerprint density at radius 2 is 1.55 bits per heavy atom. The number of isocyanates is 1. The van der Waals surface area contributed by atoms with Crippen molar-refractivity contribution in [2.24, 2.45) is 0 Å². The number of Topliss-reactive ketones (excluding diaryl/α,β-unsaturated/α-hetero) is 1. The van der Waals surface area contributed by atoms with E-state index in [1.807, 2.05) is 0 Å². The number of hydrogen-bond donors (Lipinski definition) is 4. The minimum atomic E-state index is -0.544. The van der Waals surface area contributed by atoms with Crippen molar-refractivity contribution in [1.29, 1.82) is 5.41 Å². The van der Waals surface area contributed by atoms with Crippen LogP contribution in [-0.2, 0) is 14.4 Å². The number of unbranched alkanes of at least 4 members (excludes halogenated alkanes) is 3. The van der Waals surface area contributed by atoms with Crippen molar-refractivity contribution in [3.63, 3.8) is 0 Å². The predicted molar refractivity (Wildman–Crippen MR) is 107 cm³/mol. The van der Waals surface area contributed by atoms with Crippen molar-refractivity contribution in [2.75, 3.05) is 33.1 Å². The van der Waals surface area contributed by atoms with Crippen LogP contribution in [0.3, 0.4) is 0 Å². The monoisotopic (exact) mass is 408 g/mol. The van der Waals surface area contributed by atoms with Crippen LogP contribution in [0.4, 0.5) is 10.5 Å². The van der Waals surface area contributed by atoms with Gasteiger partial charge in [-0.1, -0.05) is 12.8 Å². The maximum Gasteiger partial charge on any atom is 0.319 e. The van der Waals surface area contributed by atoms with E-state index in [-0.39, 0.29) is 12.5 Å². The zero-order valence-corrected chi connectivity index (χ0v) is 16.9. The summed E-state index contributed by atoms with van der Waals surface area (Å²) in [6.45, 7) is 0.524. The van der Waals surface area contributed by atoms with Gasteiger partial charge in [0.2, 0.25) is 11.9 Å². The third-order valence-electron chi connectivity index (χ3n) is 3.71. The van der Waals surface area contributed by atoms with E-state index in [9.17, 15) is 14.4 Å². The van der Waals surface area contributed by atoms with Crippen molar-refractivity contribution in [3.8, 4) is 11.5 Å². The molecule has 10 nitrogen and oxygen atoms in total. The van der Waals surface area contributed by atoms with Crippen LogP contribution in [0.1, 0.15) is 32.1 Å². The van der Waals surface area contributed by atoms with E-state index in [1.165, 1.54) is 7.05 Å². The van der Waals surface area contributed by atoms with Gasteiger partial charge in [-0.05, 0) is 12.8 Å². The number of nitrogens with one attached hydrogen (secondary N) is 4. The molecule has 0 saturated heterocycles. The lowest BCUT2D eigenvalue weighted by atomic mass is 10.1. The maximum atomic E-state index is 11.9. The highest BCUT2D eigenvalue weighted by Gasteiger charge is 2.10. The molecule has 0 fully saturated rings. The zero-order chi connectivity index (χ0) is 22.1. The summed E-state index contributed by atoms with van der Waals surface area (Å²) >= 11 is 0. The maximum absolute atomic E-state index is 11.9. The van der Waals surface area contributed by atoms with Gasteiger partial charge in [0.05, 0.1) is 14.2 Å². The van der Waals surface area contributed by atoms with Gasteiger partial charge in [-0.25, -0.2) is 15.0 Å². The van der Waals surface area contributed by atoms with Gasteiger partial charge in [0.25, 0.3) is 5.91 Å². The van der Waals surface area contributed by atoms with E-state index >= 15 is 0 Å². The summed E-state index contributed by atoms with van der Waals surface area (Å²) in [5, 5.41) is 13.2. The molecule has 1 aromatic carbocycles. The topological polar surface area (TPSA) is 147 Å². The second-order valence-electron chi connectivity index (χ2n) is 5.75. The van der Waals surface area contributed by atoms with Crippen LogP contribution < -0.4 is 25.4 Å². The smallest absolute Gasteiger partial charge is 0.319 e. The van der Waals surface area contributed by atoms with Crippen LogP contribution in [0.5, 0.6) is 11.5 Å². The van der Waals surface area contributed by atoms with E-state index < -0.39 is 11.7 Å². The summed E-state index contributed by atoms with van der Waals surface area (Å²) in [7, 11) is 4.53. The predicted octanol–water partition coefficient (Wildman–Crippen LogP) is 1.99. The summed E-state index contributed by atoms with van der Waals surface area (Å²) in [6.07, 6.45) is 4.17. The number of hydrogen-bond acceptors (Lipinski definition) is 7. The number of ether oxygens (including phenoxy) is 2. The fraction of sp³-hybridized carbons (Fsp3) is 0.474. The molecule has 0 aliphatic carbocycles. The highest BCUT2D eigenvalue weighted by Crippen LogP contribution is 2.25. The molecule has 3 amide bonds. The van der Waals surface area contributed by atoms with Gasteiger partial charge in [-0.15, -0.1) is 0 Å². The van der Waals surface area contributed by atoms with E-state index in [0.29, 0.717) is 30.2 Å². The van der Waals surface area contributed by atoms with Crippen LogP contribution in [0.15, 0.2) is 18.2 Å². The fourth-order valence-electron chi connectivity index (χ4n) is 2.27. The Morgan fingerprint density at radius 3 is 2.07 bits per heavy atom. The molecule has 0 unspecified atom stereocenters. The average molecular weight is 408 g/mol. The summed E-state index contributed by atoms with van der Waals surface area (Å²) in [5.74, 6) is 0.244. The summed E-state index contributed by atoms with van der Waals surface area (Å²) < 4.78 is 10.3. The highest BCUT2D eigenvalue weighted by molar-refractivity contribution is 6.36. The fourth-order valence-corrected chi connectivity index (χ4v) is 2.27. The molecule has 0 aromatic heterocycles. The molecule has 10 heteroatoms. The van der Waals surface area contributed by atoms with Crippen LogP contribution in [-0.4, -0.2) is 51.6 Å². The van der Waals surface area contributed by atoms with Crippen LogP contribution in [0.2, 0.25) is 0 Å². The first-order valence-electron chi connectivity index (χ1n) is 8.98. The number of urea groups is 1. The molecule has 4 N–H and O–H groups in total. The Bertz CT molecular complexity index is 680. The first-order valence-corrected chi connectivity index (χ1v) is 8.98. The van der Waals surface area contributed by atoms with Gasteiger partial charge in [-0.2, -0.15) is 0 Å². The summed E-state index contributed by atoms with van der Waals surface area (Å²) in [5.41, 5.74) is 0.575. The lowest BCUT2D eigenvalue weighted by Gasteiger charge is -2.10. The highest BCUT2D eigenvalue weighted by atomic mass is 16.5. The van der Waals surface area contributed by atoms with Gasteiger partial charge < -0.3 is 25.4 Å². The second-order valence-corrected chi connectivity index (χ2v) is 5.75. The molecule has 1 aromatic rings.